The predicted molar refractivity (Wildman–Crippen MR) is 85.6 cm³/mol. The van der Waals surface area contributed by atoms with Crippen molar-refractivity contribution in [2.75, 3.05) is 18.5 Å². The molecular formula is C17H25N3O2. The third kappa shape index (κ3) is 3.24. The molecule has 0 unspecified atom stereocenters. The van der Waals surface area contributed by atoms with Crippen molar-refractivity contribution >= 4 is 11.7 Å². The highest BCUT2D eigenvalue weighted by Crippen LogP contribution is 2.32. The molecule has 5 nitrogen and oxygen atoms in total. The first-order valence-corrected chi connectivity index (χ1v) is 8.28. The summed E-state index contributed by atoms with van der Waals surface area (Å²) in [6.45, 7) is 3.22. The largest absolute Gasteiger partial charge is 0.379 e. The number of ether oxygens (including phenoxy) is 1. The van der Waals surface area contributed by atoms with Gasteiger partial charge >= 0.3 is 0 Å². The number of hydrogen-bond acceptors (Lipinski definition) is 4. The summed E-state index contributed by atoms with van der Waals surface area (Å²) in [6, 6.07) is 6.67. The van der Waals surface area contributed by atoms with Crippen LogP contribution in [0.4, 0.5) is 5.82 Å². The Hall–Kier alpha value is -1.62. The highest BCUT2D eigenvalue weighted by Gasteiger charge is 2.44. The lowest BCUT2D eigenvalue weighted by Gasteiger charge is -2.41. The van der Waals surface area contributed by atoms with E-state index in [9.17, 15) is 4.79 Å². The highest BCUT2D eigenvalue weighted by atomic mass is 16.5. The topological polar surface area (TPSA) is 63.2 Å². The number of carbonyl (C=O) groups is 1. The maximum absolute atomic E-state index is 12.4. The summed E-state index contributed by atoms with van der Waals surface area (Å²) >= 11 is 0. The molecule has 1 amide bonds. The number of pyridine rings is 1. The number of hydrogen-bond donors (Lipinski definition) is 2. The zero-order chi connectivity index (χ0) is 15.4. The Bertz CT molecular complexity index is 488. The Labute approximate surface area is 131 Å². The Balaban J connectivity index is 1.45. The van der Waals surface area contributed by atoms with E-state index in [1.807, 2.05) is 18.2 Å². The second kappa shape index (κ2) is 6.65. The van der Waals surface area contributed by atoms with Crippen molar-refractivity contribution in [2.24, 2.45) is 5.41 Å². The van der Waals surface area contributed by atoms with E-state index in [-0.39, 0.29) is 11.3 Å². The SMILES string of the molecule is CCC1(C(=O)NC2CCC(Nc3ccccn3)CC2)COC1. The van der Waals surface area contributed by atoms with Crippen LogP contribution in [0, 0.1) is 5.41 Å². The number of anilines is 1. The molecule has 1 saturated heterocycles. The molecule has 0 radical (unpaired) electrons. The molecule has 2 aliphatic rings. The van der Waals surface area contributed by atoms with Gasteiger partial charge in [0.05, 0.1) is 18.6 Å². The maximum Gasteiger partial charge on any atom is 0.231 e. The lowest BCUT2D eigenvalue weighted by Crippen LogP contribution is -2.56. The first kappa shape index (κ1) is 15.3. The van der Waals surface area contributed by atoms with E-state index in [2.05, 4.69) is 22.5 Å². The molecule has 5 heteroatoms. The molecule has 0 atom stereocenters. The summed E-state index contributed by atoms with van der Waals surface area (Å²) in [5.41, 5.74) is -0.261. The van der Waals surface area contributed by atoms with Gasteiger partial charge in [0.15, 0.2) is 0 Å². The van der Waals surface area contributed by atoms with Crippen molar-refractivity contribution in [2.45, 2.75) is 51.1 Å². The number of amides is 1. The molecule has 1 aromatic rings. The fourth-order valence-corrected chi connectivity index (χ4v) is 3.22. The quantitative estimate of drug-likeness (QED) is 0.876. The summed E-state index contributed by atoms with van der Waals surface area (Å²) < 4.78 is 5.25. The van der Waals surface area contributed by atoms with Gasteiger partial charge in [-0.25, -0.2) is 4.98 Å². The Kier molecular flexibility index (Phi) is 4.62. The van der Waals surface area contributed by atoms with Crippen LogP contribution in [0.15, 0.2) is 24.4 Å². The first-order valence-electron chi connectivity index (χ1n) is 8.28. The summed E-state index contributed by atoms with van der Waals surface area (Å²) in [5.74, 6) is 1.12. The minimum absolute atomic E-state index is 0.183. The standard InChI is InChI=1S/C17H25N3O2/c1-2-17(11-22-12-17)16(21)20-14-8-6-13(7-9-14)19-15-5-3-4-10-18-15/h3-5,10,13-14H,2,6-9,11-12H2,1H3,(H,18,19)(H,20,21). The number of rotatable bonds is 5. The van der Waals surface area contributed by atoms with Crippen LogP contribution in [0.25, 0.3) is 0 Å². The van der Waals surface area contributed by atoms with Gasteiger partial charge in [0, 0.05) is 18.3 Å². The van der Waals surface area contributed by atoms with Crippen LogP contribution in [-0.2, 0) is 9.53 Å². The van der Waals surface area contributed by atoms with E-state index in [0.29, 0.717) is 25.3 Å². The van der Waals surface area contributed by atoms with Gasteiger partial charge < -0.3 is 15.4 Å². The molecule has 1 aliphatic heterocycles. The van der Waals surface area contributed by atoms with Gasteiger partial charge in [0.2, 0.25) is 5.91 Å². The highest BCUT2D eigenvalue weighted by molar-refractivity contribution is 5.84. The molecule has 3 rings (SSSR count). The van der Waals surface area contributed by atoms with E-state index >= 15 is 0 Å². The van der Waals surface area contributed by atoms with Crippen molar-refractivity contribution in [3.8, 4) is 0 Å². The summed E-state index contributed by atoms with van der Waals surface area (Å²) in [5, 5.41) is 6.71. The third-order valence-corrected chi connectivity index (χ3v) is 4.99. The smallest absolute Gasteiger partial charge is 0.231 e. The minimum atomic E-state index is -0.261. The number of aromatic nitrogens is 1. The zero-order valence-electron chi connectivity index (χ0n) is 13.2. The van der Waals surface area contributed by atoms with Crippen molar-refractivity contribution < 1.29 is 9.53 Å². The monoisotopic (exact) mass is 303 g/mol. The van der Waals surface area contributed by atoms with E-state index in [1.165, 1.54) is 0 Å². The van der Waals surface area contributed by atoms with Gasteiger partial charge in [0.25, 0.3) is 0 Å². The molecule has 120 valence electrons. The van der Waals surface area contributed by atoms with E-state index < -0.39 is 0 Å². The average Bonchev–Trinajstić information content (AvgIpc) is 2.50. The van der Waals surface area contributed by atoms with Crippen LogP contribution in [0.5, 0.6) is 0 Å². The fraction of sp³-hybridized carbons (Fsp3) is 0.647. The predicted octanol–water partition coefficient (Wildman–Crippen LogP) is 2.35. The second-order valence-electron chi connectivity index (χ2n) is 6.51. The van der Waals surface area contributed by atoms with Crippen molar-refractivity contribution in [3.05, 3.63) is 24.4 Å². The molecule has 2 heterocycles. The normalized spacial score (nSPS) is 26.8. The Morgan fingerprint density at radius 1 is 1.27 bits per heavy atom. The van der Waals surface area contributed by atoms with Crippen molar-refractivity contribution in [1.29, 1.82) is 0 Å². The van der Waals surface area contributed by atoms with Crippen LogP contribution < -0.4 is 10.6 Å². The molecular weight excluding hydrogens is 278 g/mol. The molecule has 1 aromatic heterocycles. The average molecular weight is 303 g/mol. The first-order chi connectivity index (χ1) is 10.7. The lowest BCUT2D eigenvalue weighted by atomic mass is 9.81. The number of carbonyl (C=O) groups excluding carboxylic acids is 1. The maximum atomic E-state index is 12.4. The minimum Gasteiger partial charge on any atom is -0.379 e. The summed E-state index contributed by atoms with van der Waals surface area (Å²) in [6.07, 6.45) is 6.84. The van der Waals surface area contributed by atoms with E-state index in [1.54, 1.807) is 6.20 Å². The van der Waals surface area contributed by atoms with E-state index in [4.69, 9.17) is 4.74 Å². The van der Waals surface area contributed by atoms with E-state index in [0.717, 1.165) is 37.9 Å². The molecule has 22 heavy (non-hydrogen) atoms. The summed E-state index contributed by atoms with van der Waals surface area (Å²) in [7, 11) is 0. The molecule has 0 aromatic carbocycles. The molecule has 0 bridgehead atoms. The van der Waals surface area contributed by atoms with Gasteiger partial charge in [-0.2, -0.15) is 0 Å². The molecule has 1 saturated carbocycles. The Morgan fingerprint density at radius 2 is 2.00 bits per heavy atom. The molecule has 2 N–H and O–H groups in total. The van der Waals surface area contributed by atoms with Gasteiger partial charge in [0.1, 0.15) is 5.82 Å². The second-order valence-corrected chi connectivity index (χ2v) is 6.51. The van der Waals surface area contributed by atoms with Crippen LogP contribution in [-0.4, -0.2) is 36.2 Å². The van der Waals surface area contributed by atoms with Crippen LogP contribution in [0.3, 0.4) is 0 Å². The van der Waals surface area contributed by atoms with Crippen molar-refractivity contribution in [1.82, 2.24) is 10.3 Å². The molecule has 2 fully saturated rings. The van der Waals surface area contributed by atoms with Crippen molar-refractivity contribution in [3.63, 3.8) is 0 Å². The molecule has 1 aliphatic carbocycles. The van der Waals surface area contributed by atoms with Crippen LogP contribution in [0.1, 0.15) is 39.0 Å². The fourth-order valence-electron chi connectivity index (χ4n) is 3.22. The number of nitrogens with zero attached hydrogens (tertiary/aromatic N) is 1. The van der Waals surface area contributed by atoms with Gasteiger partial charge in [-0.3, -0.25) is 4.79 Å². The van der Waals surface area contributed by atoms with Crippen LogP contribution in [0.2, 0.25) is 0 Å². The van der Waals surface area contributed by atoms with Gasteiger partial charge in [-0.15, -0.1) is 0 Å². The number of nitrogens with one attached hydrogen (secondary N) is 2. The third-order valence-electron chi connectivity index (χ3n) is 4.99. The Morgan fingerprint density at radius 3 is 2.55 bits per heavy atom. The molecule has 0 spiro atoms. The van der Waals surface area contributed by atoms with Gasteiger partial charge in [-0.05, 0) is 44.2 Å². The lowest BCUT2D eigenvalue weighted by molar-refractivity contribution is -0.163. The zero-order valence-corrected chi connectivity index (χ0v) is 13.2. The summed E-state index contributed by atoms with van der Waals surface area (Å²) in [4.78, 5) is 16.7. The van der Waals surface area contributed by atoms with Crippen LogP contribution >= 0.6 is 0 Å². The van der Waals surface area contributed by atoms with Gasteiger partial charge in [-0.1, -0.05) is 13.0 Å².